The Morgan fingerprint density at radius 2 is 2.05 bits per heavy atom. The predicted molar refractivity (Wildman–Crippen MR) is 76.0 cm³/mol. The normalized spacial score (nSPS) is 16.2. The Balaban J connectivity index is 2.60. The minimum absolute atomic E-state index is 0.0808. The number of hydrogen-bond acceptors (Lipinski definition) is 3. The van der Waals surface area contributed by atoms with Crippen LogP contribution in [-0.2, 0) is 0 Å². The molecule has 0 saturated heterocycles. The predicted octanol–water partition coefficient (Wildman–Crippen LogP) is 3.86. The van der Waals surface area contributed by atoms with Gasteiger partial charge in [-0.1, -0.05) is 6.92 Å². The van der Waals surface area contributed by atoms with Gasteiger partial charge < -0.3 is 9.47 Å². The van der Waals surface area contributed by atoms with E-state index in [4.69, 9.17) is 9.47 Å². The number of fused-ring (bicyclic) bond motifs is 1. The maximum absolute atomic E-state index is 12.0. The molecule has 0 saturated carbocycles. The van der Waals surface area contributed by atoms with Crippen LogP contribution in [0.1, 0.15) is 50.0 Å². The van der Waals surface area contributed by atoms with Gasteiger partial charge in [-0.3, -0.25) is 4.79 Å². The average Bonchev–Trinajstić information content (AvgIpc) is 2.35. The number of allylic oxidation sites excluding steroid dienone is 1. The molecule has 19 heavy (non-hydrogen) atoms. The molecule has 0 unspecified atom stereocenters. The van der Waals surface area contributed by atoms with Crippen LogP contribution in [0.2, 0.25) is 0 Å². The Morgan fingerprint density at radius 3 is 2.63 bits per heavy atom. The second kappa shape index (κ2) is 4.72. The summed E-state index contributed by atoms with van der Waals surface area (Å²) in [4.78, 5) is 12.0. The molecule has 1 aromatic rings. The lowest BCUT2D eigenvalue weighted by atomic mass is 9.93. The smallest absolute Gasteiger partial charge is 0.166 e. The summed E-state index contributed by atoms with van der Waals surface area (Å²) in [6.07, 6.45) is 2.53. The standard InChI is InChI=1S/C16H20O3/c1-6-13(17)12-7-11-10(2)9-16(3,4)19-15(11)8-14(12)18-5/h7-9H,6H2,1-5H3. The fraction of sp³-hybridized carbons (Fsp3) is 0.438. The Hall–Kier alpha value is -1.77. The molecule has 0 aromatic heterocycles. The van der Waals surface area contributed by atoms with E-state index in [1.54, 1.807) is 7.11 Å². The monoisotopic (exact) mass is 260 g/mol. The van der Waals surface area contributed by atoms with Gasteiger partial charge in [-0.05, 0) is 38.5 Å². The molecular formula is C16H20O3. The van der Waals surface area contributed by atoms with Crippen molar-refractivity contribution < 1.29 is 14.3 Å². The van der Waals surface area contributed by atoms with Crippen molar-refractivity contribution in [3.8, 4) is 11.5 Å². The van der Waals surface area contributed by atoms with Gasteiger partial charge in [0.15, 0.2) is 5.78 Å². The van der Waals surface area contributed by atoms with E-state index in [1.807, 2.05) is 39.8 Å². The highest BCUT2D eigenvalue weighted by atomic mass is 16.5. The number of hydrogen-bond donors (Lipinski definition) is 0. The van der Waals surface area contributed by atoms with Gasteiger partial charge in [-0.25, -0.2) is 0 Å². The summed E-state index contributed by atoms with van der Waals surface area (Å²) in [5.74, 6) is 1.43. The lowest BCUT2D eigenvalue weighted by molar-refractivity contribution is 0.0985. The lowest BCUT2D eigenvalue weighted by Gasteiger charge is -2.30. The summed E-state index contributed by atoms with van der Waals surface area (Å²) in [5.41, 5.74) is 2.38. The van der Waals surface area contributed by atoms with Crippen LogP contribution < -0.4 is 9.47 Å². The Kier molecular flexibility index (Phi) is 3.40. The number of methoxy groups -OCH3 is 1. The molecule has 0 spiro atoms. The molecule has 0 atom stereocenters. The van der Waals surface area contributed by atoms with Crippen molar-refractivity contribution in [2.45, 2.75) is 39.7 Å². The summed E-state index contributed by atoms with van der Waals surface area (Å²) in [7, 11) is 1.57. The molecule has 3 nitrogen and oxygen atoms in total. The number of Topliss-reactive ketones (excluding diaryl/α,β-unsaturated/α-hetero) is 1. The van der Waals surface area contributed by atoms with Gasteiger partial charge in [-0.2, -0.15) is 0 Å². The zero-order valence-electron chi connectivity index (χ0n) is 12.2. The van der Waals surface area contributed by atoms with Crippen molar-refractivity contribution in [1.82, 2.24) is 0 Å². The Labute approximate surface area is 114 Å². The van der Waals surface area contributed by atoms with Gasteiger partial charge in [0.2, 0.25) is 0 Å². The van der Waals surface area contributed by atoms with Gasteiger partial charge in [0.25, 0.3) is 0 Å². The Morgan fingerprint density at radius 1 is 1.37 bits per heavy atom. The third kappa shape index (κ3) is 2.50. The molecule has 1 aromatic carbocycles. The summed E-state index contributed by atoms with van der Waals surface area (Å²) in [6.45, 7) is 7.91. The number of benzene rings is 1. The number of ketones is 1. The molecule has 0 N–H and O–H groups in total. The lowest BCUT2D eigenvalue weighted by Crippen LogP contribution is -2.28. The minimum Gasteiger partial charge on any atom is -0.496 e. The summed E-state index contributed by atoms with van der Waals surface area (Å²) in [6, 6.07) is 3.69. The fourth-order valence-corrected chi connectivity index (χ4v) is 2.44. The van der Waals surface area contributed by atoms with Gasteiger partial charge in [0.05, 0.1) is 12.7 Å². The van der Waals surface area contributed by atoms with E-state index < -0.39 is 0 Å². The van der Waals surface area contributed by atoms with Crippen LogP contribution in [-0.4, -0.2) is 18.5 Å². The van der Waals surface area contributed by atoms with Crippen molar-refractivity contribution in [3.63, 3.8) is 0 Å². The van der Waals surface area contributed by atoms with Crippen LogP contribution in [0.3, 0.4) is 0 Å². The molecule has 0 bridgehead atoms. The summed E-state index contributed by atoms with van der Waals surface area (Å²) in [5, 5.41) is 0. The van der Waals surface area contributed by atoms with Crippen molar-refractivity contribution in [2.24, 2.45) is 0 Å². The van der Waals surface area contributed by atoms with E-state index in [2.05, 4.69) is 6.08 Å². The summed E-state index contributed by atoms with van der Waals surface area (Å²) < 4.78 is 11.3. The first kappa shape index (κ1) is 13.7. The van der Waals surface area contributed by atoms with Crippen LogP contribution in [0, 0.1) is 0 Å². The second-order valence-electron chi connectivity index (χ2n) is 5.36. The van der Waals surface area contributed by atoms with Crippen molar-refractivity contribution in [3.05, 3.63) is 29.3 Å². The first-order valence-electron chi connectivity index (χ1n) is 6.52. The van der Waals surface area contributed by atoms with E-state index in [1.165, 1.54) is 0 Å². The van der Waals surface area contributed by atoms with E-state index in [0.29, 0.717) is 17.7 Å². The zero-order valence-corrected chi connectivity index (χ0v) is 12.2. The quantitative estimate of drug-likeness (QED) is 0.774. The molecular weight excluding hydrogens is 240 g/mol. The fourth-order valence-electron chi connectivity index (χ4n) is 2.44. The number of rotatable bonds is 3. The van der Waals surface area contributed by atoms with Crippen molar-refractivity contribution >= 4 is 11.4 Å². The van der Waals surface area contributed by atoms with Gasteiger partial charge in [-0.15, -0.1) is 0 Å². The van der Waals surface area contributed by atoms with Crippen LogP contribution >= 0.6 is 0 Å². The first-order valence-corrected chi connectivity index (χ1v) is 6.52. The van der Waals surface area contributed by atoms with Gasteiger partial charge >= 0.3 is 0 Å². The number of ether oxygens (including phenoxy) is 2. The van der Waals surface area contributed by atoms with E-state index in [-0.39, 0.29) is 11.4 Å². The molecule has 3 heteroatoms. The molecule has 1 aliphatic rings. The first-order chi connectivity index (χ1) is 8.88. The summed E-state index contributed by atoms with van der Waals surface area (Å²) >= 11 is 0. The molecule has 2 rings (SSSR count). The van der Waals surface area contributed by atoms with E-state index in [0.717, 1.165) is 16.9 Å². The number of carbonyl (C=O) groups is 1. The maximum Gasteiger partial charge on any atom is 0.166 e. The maximum atomic E-state index is 12.0. The van der Waals surface area contributed by atoms with Gasteiger partial charge in [0, 0.05) is 18.1 Å². The number of carbonyl (C=O) groups excluding carboxylic acids is 1. The van der Waals surface area contributed by atoms with Crippen molar-refractivity contribution in [2.75, 3.05) is 7.11 Å². The van der Waals surface area contributed by atoms with Crippen LogP contribution in [0.15, 0.2) is 18.2 Å². The largest absolute Gasteiger partial charge is 0.496 e. The third-order valence-electron chi connectivity index (χ3n) is 3.29. The van der Waals surface area contributed by atoms with E-state index in [9.17, 15) is 4.79 Å². The molecule has 1 heterocycles. The molecule has 0 fully saturated rings. The molecule has 0 radical (unpaired) electrons. The average molecular weight is 260 g/mol. The molecule has 102 valence electrons. The van der Waals surface area contributed by atoms with Crippen LogP contribution in [0.5, 0.6) is 11.5 Å². The highest BCUT2D eigenvalue weighted by molar-refractivity contribution is 6.00. The second-order valence-corrected chi connectivity index (χ2v) is 5.36. The minimum atomic E-state index is -0.335. The van der Waals surface area contributed by atoms with Crippen LogP contribution in [0.4, 0.5) is 0 Å². The van der Waals surface area contributed by atoms with Crippen molar-refractivity contribution in [1.29, 1.82) is 0 Å². The molecule has 0 aliphatic carbocycles. The zero-order chi connectivity index (χ0) is 14.2. The topological polar surface area (TPSA) is 35.5 Å². The van der Waals surface area contributed by atoms with Crippen LogP contribution in [0.25, 0.3) is 5.57 Å². The highest BCUT2D eigenvalue weighted by Crippen LogP contribution is 2.40. The molecule has 0 amide bonds. The third-order valence-corrected chi connectivity index (χ3v) is 3.29. The SMILES string of the molecule is CCC(=O)c1cc2c(cc1OC)OC(C)(C)C=C2C. The van der Waals surface area contributed by atoms with E-state index >= 15 is 0 Å². The Bertz CT molecular complexity index is 553. The highest BCUT2D eigenvalue weighted by Gasteiger charge is 2.27. The molecule has 1 aliphatic heterocycles. The van der Waals surface area contributed by atoms with Gasteiger partial charge in [0.1, 0.15) is 17.1 Å².